The number of rotatable bonds is 3. The lowest BCUT2D eigenvalue weighted by Crippen LogP contribution is -2.44. The first kappa shape index (κ1) is 15.5. The molecular weight excluding hydrogens is 295 g/mol. The van der Waals surface area contributed by atoms with Crippen LogP contribution in [0.4, 0.5) is 16.0 Å². The third-order valence-electron chi connectivity index (χ3n) is 4.01. The summed E-state index contributed by atoms with van der Waals surface area (Å²) in [5.41, 5.74) is 7.81. The molecule has 122 valence electrons. The number of halogens is 1. The number of imidazole rings is 1. The molecule has 1 saturated heterocycles. The summed E-state index contributed by atoms with van der Waals surface area (Å²) in [5.74, 6) is -0.00574. The number of likely N-dealkylation sites (N-methyl/N-ethyl adjacent to an activating group) is 1. The van der Waals surface area contributed by atoms with Crippen LogP contribution >= 0.6 is 0 Å². The molecule has 2 heterocycles. The highest BCUT2D eigenvalue weighted by Crippen LogP contribution is 2.19. The van der Waals surface area contributed by atoms with E-state index in [-0.39, 0.29) is 11.8 Å². The third kappa shape index (κ3) is 3.50. The Bertz CT molecular complexity index is 715. The lowest BCUT2D eigenvalue weighted by molar-refractivity contribution is 0.313. The Balaban J connectivity index is 1.75. The molecule has 0 unspecified atom stereocenters. The van der Waals surface area contributed by atoms with E-state index in [0.717, 1.165) is 37.6 Å². The van der Waals surface area contributed by atoms with Gasteiger partial charge in [-0.05, 0) is 32.2 Å². The summed E-state index contributed by atoms with van der Waals surface area (Å²) in [6.45, 7) is 5.63. The molecule has 0 amide bonds. The van der Waals surface area contributed by atoms with Crippen molar-refractivity contribution in [3.8, 4) is 0 Å². The van der Waals surface area contributed by atoms with Gasteiger partial charge in [0, 0.05) is 37.4 Å². The molecule has 3 rings (SSSR count). The Morgan fingerprint density at radius 1 is 1.26 bits per heavy atom. The van der Waals surface area contributed by atoms with Gasteiger partial charge in [0.1, 0.15) is 5.82 Å². The van der Waals surface area contributed by atoms with Gasteiger partial charge < -0.3 is 15.5 Å². The zero-order valence-corrected chi connectivity index (χ0v) is 13.4. The van der Waals surface area contributed by atoms with Crippen LogP contribution < -0.4 is 10.6 Å². The molecule has 1 aromatic carbocycles. The summed E-state index contributed by atoms with van der Waals surface area (Å²) >= 11 is 0. The molecule has 6 nitrogen and oxygen atoms in total. The van der Waals surface area contributed by atoms with E-state index in [2.05, 4.69) is 26.9 Å². The molecule has 0 spiro atoms. The fraction of sp³-hybridized carbons (Fsp3) is 0.375. The van der Waals surface area contributed by atoms with E-state index < -0.39 is 0 Å². The smallest absolute Gasteiger partial charge is 0.221 e. The monoisotopic (exact) mass is 316 g/mol. The van der Waals surface area contributed by atoms with Crippen molar-refractivity contribution in [1.29, 1.82) is 0 Å². The van der Waals surface area contributed by atoms with Crippen LogP contribution in [0.1, 0.15) is 11.3 Å². The van der Waals surface area contributed by atoms with Crippen molar-refractivity contribution in [2.75, 3.05) is 43.9 Å². The number of aromatic nitrogens is 2. The zero-order valence-electron chi connectivity index (χ0n) is 13.4. The van der Waals surface area contributed by atoms with Crippen molar-refractivity contribution in [3.05, 3.63) is 41.5 Å². The number of anilines is 2. The van der Waals surface area contributed by atoms with Crippen LogP contribution in [0.2, 0.25) is 0 Å². The highest BCUT2D eigenvalue weighted by atomic mass is 19.1. The molecule has 1 aromatic heterocycles. The van der Waals surface area contributed by atoms with E-state index in [1.165, 1.54) is 10.9 Å². The van der Waals surface area contributed by atoms with Gasteiger partial charge in [0.2, 0.25) is 5.95 Å². The Hall–Kier alpha value is -2.41. The molecule has 1 aliphatic rings. The van der Waals surface area contributed by atoms with Gasteiger partial charge in [-0.1, -0.05) is 0 Å². The lowest BCUT2D eigenvalue weighted by Gasteiger charge is -2.34. The normalized spacial score (nSPS) is 16.4. The molecule has 1 aliphatic heterocycles. The minimum Gasteiger partial charge on any atom is -0.369 e. The number of nitrogens with two attached hydrogens (primary N) is 1. The molecular formula is C16H21FN6. The standard InChI is InChI=1S/C16H21FN6/c1-12-11-23(16(18)20-12)19-10-13-3-4-14(9-15(13)17)22-7-5-21(2)6-8-22/h3-4,9-11H,5-8H2,1-2H3,(H2,18,20). The van der Waals surface area contributed by atoms with Crippen molar-refractivity contribution < 1.29 is 4.39 Å². The first-order chi connectivity index (χ1) is 11.0. The van der Waals surface area contributed by atoms with E-state index in [0.29, 0.717) is 5.56 Å². The molecule has 1 fully saturated rings. The number of nitrogens with zero attached hydrogens (tertiary/aromatic N) is 5. The second-order valence-electron chi connectivity index (χ2n) is 5.83. The second-order valence-corrected chi connectivity index (χ2v) is 5.83. The molecule has 0 bridgehead atoms. The van der Waals surface area contributed by atoms with Crippen molar-refractivity contribution in [2.45, 2.75) is 6.92 Å². The molecule has 7 heteroatoms. The number of piperazine rings is 1. The average molecular weight is 316 g/mol. The Kier molecular flexibility index (Phi) is 4.29. The fourth-order valence-corrected chi connectivity index (χ4v) is 2.60. The SMILES string of the molecule is Cc1cn(N=Cc2ccc(N3CCN(C)CC3)cc2F)c(N)n1. The minimum atomic E-state index is -0.291. The largest absolute Gasteiger partial charge is 0.369 e. The Morgan fingerprint density at radius 3 is 2.61 bits per heavy atom. The number of aryl methyl sites for hydroxylation is 1. The topological polar surface area (TPSA) is 62.7 Å². The highest BCUT2D eigenvalue weighted by Gasteiger charge is 2.15. The predicted molar refractivity (Wildman–Crippen MR) is 90.5 cm³/mol. The zero-order chi connectivity index (χ0) is 16.4. The summed E-state index contributed by atoms with van der Waals surface area (Å²) < 4.78 is 15.7. The number of nitrogen functional groups attached to an aromatic ring is 1. The molecule has 2 aromatic rings. The molecule has 23 heavy (non-hydrogen) atoms. The van der Waals surface area contributed by atoms with E-state index in [4.69, 9.17) is 5.73 Å². The van der Waals surface area contributed by atoms with Gasteiger partial charge in [-0.2, -0.15) is 5.10 Å². The van der Waals surface area contributed by atoms with Crippen LogP contribution in [0, 0.1) is 12.7 Å². The molecule has 2 N–H and O–H groups in total. The Labute approximate surface area is 135 Å². The first-order valence-electron chi connectivity index (χ1n) is 7.62. The summed E-state index contributed by atoms with van der Waals surface area (Å²) in [6, 6.07) is 5.24. The summed E-state index contributed by atoms with van der Waals surface area (Å²) in [6.07, 6.45) is 3.16. The van der Waals surface area contributed by atoms with Crippen molar-refractivity contribution in [3.63, 3.8) is 0 Å². The van der Waals surface area contributed by atoms with Gasteiger partial charge in [-0.25, -0.2) is 14.1 Å². The van der Waals surface area contributed by atoms with Gasteiger partial charge in [0.15, 0.2) is 0 Å². The second kappa shape index (κ2) is 6.37. The number of hydrogen-bond donors (Lipinski definition) is 1. The quantitative estimate of drug-likeness (QED) is 0.873. The summed E-state index contributed by atoms with van der Waals surface area (Å²) in [7, 11) is 2.10. The van der Waals surface area contributed by atoms with Crippen LogP contribution in [0.3, 0.4) is 0 Å². The van der Waals surface area contributed by atoms with Crippen LogP contribution in [0.15, 0.2) is 29.5 Å². The summed E-state index contributed by atoms with van der Waals surface area (Å²) in [5, 5.41) is 4.15. The predicted octanol–water partition coefficient (Wildman–Crippen LogP) is 1.55. The van der Waals surface area contributed by atoms with Crippen LogP contribution in [-0.4, -0.2) is 54.0 Å². The number of hydrogen-bond acceptors (Lipinski definition) is 5. The van der Waals surface area contributed by atoms with Gasteiger partial charge in [0.25, 0.3) is 0 Å². The van der Waals surface area contributed by atoms with E-state index in [9.17, 15) is 4.39 Å². The minimum absolute atomic E-state index is 0.285. The van der Waals surface area contributed by atoms with E-state index in [1.54, 1.807) is 18.3 Å². The van der Waals surface area contributed by atoms with Crippen LogP contribution in [0.25, 0.3) is 0 Å². The Morgan fingerprint density at radius 2 is 2.00 bits per heavy atom. The molecule has 0 saturated carbocycles. The van der Waals surface area contributed by atoms with Gasteiger partial charge >= 0.3 is 0 Å². The van der Waals surface area contributed by atoms with Crippen LogP contribution in [-0.2, 0) is 0 Å². The average Bonchev–Trinajstić information content (AvgIpc) is 2.84. The maximum atomic E-state index is 14.3. The van der Waals surface area contributed by atoms with Gasteiger partial charge in [-0.15, -0.1) is 0 Å². The van der Waals surface area contributed by atoms with Crippen molar-refractivity contribution >= 4 is 17.9 Å². The van der Waals surface area contributed by atoms with Gasteiger partial charge in [-0.3, -0.25) is 0 Å². The molecule has 0 atom stereocenters. The van der Waals surface area contributed by atoms with E-state index >= 15 is 0 Å². The lowest BCUT2D eigenvalue weighted by atomic mass is 10.2. The van der Waals surface area contributed by atoms with E-state index in [1.807, 2.05) is 13.0 Å². The van der Waals surface area contributed by atoms with Crippen molar-refractivity contribution in [1.82, 2.24) is 14.6 Å². The fourth-order valence-electron chi connectivity index (χ4n) is 2.60. The molecule has 0 radical (unpaired) electrons. The number of benzene rings is 1. The third-order valence-corrected chi connectivity index (χ3v) is 4.01. The first-order valence-corrected chi connectivity index (χ1v) is 7.62. The van der Waals surface area contributed by atoms with Crippen molar-refractivity contribution in [2.24, 2.45) is 5.10 Å². The van der Waals surface area contributed by atoms with Crippen LogP contribution in [0.5, 0.6) is 0 Å². The highest BCUT2D eigenvalue weighted by molar-refractivity contribution is 5.80. The van der Waals surface area contributed by atoms with Gasteiger partial charge in [0.05, 0.1) is 18.1 Å². The molecule has 0 aliphatic carbocycles. The summed E-state index contributed by atoms with van der Waals surface area (Å²) in [4.78, 5) is 8.51. The maximum Gasteiger partial charge on any atom is 0.221 e. The maximum absolute atomic E-state index is 14.3.